The number of allylic oxidation sites excluding steroid dienone is 1. The minimum Gasteiger partial charge on any atom is -0.334 e. The number of hydrogen-bond donors (Lipinski definition) is 2. The first kappa shape index (κ1) is 14.6. The number of rotatable bonds is 4. The molecular weight excluding hydrogens is 255 g/mol. The molecule has 4 heteroatoms. The second-order valence-electron chi connectivity index (χ2n) is 5.32. The standard InChI is InChI=1S/C16H21FN2O/c1-12(14-4-2-3-5-14)10-18-16(20)19-11-13-6-8-15(17)9-7-13/h6-10,14H,2-5,11H2,1H3,(H2,18,19,20)/b12-10+. The van der Waals surface area contributed by atoms with Gasteiger partial charge in [0.05, 0.1) is 0 Å². The molecule has 0 atom stereocenters. The van der Waals surface area contributed by atoms with Crippen molar-refractivity contribution < 1.29 is 9.18 Å². The molecule has 1 aromatic rings. The molecule has 1 aromatic carbocycles. The van der Waals surface area contributed by atoms with Gasteiger partial charge in [-0.05, 0) is 43.4 Å². The van der Waals surface area contributed by atoms with Crippen LogP contribution < -0.4 is 10.6 Å². The summed E-state index contributed by atoms with van der Waals surface area (Å²) >= 11 is 0. The van der Waals surface area contributed by atoms with E-state index in [1.165, 1.54) is 43.4 Å². The molecule has 20 heavy (non-hydrogen) atoms. The minimum atomic E-state index is -0.270. The third-order valence-corrected chi connectivity index (χ3v) is 3.80. The molecule has 1 aliphatic rings. The van der Waals surface area contributed by atoms with Crippen LogP contribution in [-0.2, 0) is 6.54 Å². The van der Waals surface area contributed by atoms with Gasteiger partial charge in [0.2, 0.25) is 0 Å². The number of urea groups is 1. The largest absolute Gasteiger partial charge is 0.334 e. The molecule has 108 valence electrons. The smallest absolute Gasteiger partial charge is 0.319 e. The summed E-state index contributed by atoms with van der Waals surface area (Å²) in [6.07, 6.45) is 6.82. The maximum Gasteiger partial charge on any atom is 0.319 e. The number of hydrogen-bond acceptors (Lipinski definition) is 1. The van der Waals surface area contributed by atoms with E-state index in [-0.39, 0.29) is 11.8 Å². The highest BCUT2D eigenvalue weighted by atomic mass is 19.1. The molecule has 0 aliphatic heterocycles. The fraction of sp³-hybridized carbons (Fsp3) is 0.438. The Kier molecular flexibility index (Phi) is 5.16. The molecule has 0 spiro atoms. The van der Waals surface area contributed by atoms with Gasteiger partial charge in [0.15, 0.2) is 0 Å². The summed E-state index contributed by atoms with van der Waals surface area (Å²) in [5.74, 6) is 0.348. The van der Waals surface area contributed by atoms with Crippen molar-refractivity contribution in [2.45, 2.75) is 39.2 Å². The van der Waals surface area contributed by atoms with Crippen LogP contribution in [0.25, 0.3) is 0 Å². The third kappa shape index (κ3) is 4.37. The van der Waals surface area contributed by atoms with Crippen molar-refractivity contribution in [2.75, 3.05) is 0 Å². The van der Waals surface area contributed by atoms with Crippen molar-refractivity contribution in [1.82, 2.24) is 10.6 Å². The van der Waals surface area contributed by atoms with E-state index >= 15 is 0 Å². The zero-order valence-corrected chi connectivity index (χ0v) is 11.8. The van der Waals surface area contributed by atoms with Gasteiger partial charge in [0.1, 0.15) is 5.82 Å². The van der Waals surface area contributed by atoms with Crippen LogP contribution in [-0.4, -0.2) is 6.03 Å². The second-order valence-corrected chi connectivity index (χ2v) is 5.32. The van der Waals surface area contributed by atoms with Crippen LogP contribution in [0.1, 0.15) is 38.2 Å². The fourth-order valence-electron chi connectivity index (χ4n) is 2.51. The Balaban J connectivity index is 1.74. The molecule has 0 unspecified atom stereocenters. The van der Waals surface area contributed by atoms with E-state index in [0.717, 1.165) is 5.56 Å². The first-order valence-corrected chi connectivity index (χ1v) is 7.10. The van der Waals surface area contributed by atoms with E-state index < -0.39 is 0 Å². The lowest BCUT2D eigenvalue weighted by molar-refractivity contribution is 0.243. The van der Waals surface area contributed by atoms with Gasteiger partial charge in [-0.3, -0.25) is 0 Å². The van der Waals surface area contributed by atoms with Crippen molar-refractivity contribution in [2.24, 2.45) is 5.92 Å². The summed E-state index contributed by atoms with van der Waals surface area (Å²) in [5, 5.41) is 5.50. The predicted octanol–water partition coefficient (Wildman–Crippen LogP) is 3.72. The van der Waals surface area contributed by atoms with Crippen LogP contribution in [0.4, 0.5) is 9.18 Å². The maximum atomic E-state index is 12.7. The molecule has 0 radical (unpaired) electrons. The molecule has 0 bridgehead atoms. The number of halogens is 1. The van der Waals surface area contributed by atoms with Crippen LogP contribution in [0.5, 0.6) is 0 Å². The Morgan fingerprint density at radius 1 is 1.30 bits per heavy atom. The Labute approximate surface area is 119 Å². The van der Waals surface area contributed by atoms with Crippen molar-refractivity contribution in [3.8, 4) is 0 Å². The van der Waals surface area contributed by atoms with Gasteiger partial charge in [-0.1, -0.05) is 30.5 Å². The highest BCUT2D eigenvalue weighted by molar-refractivity contribution is 5.74. The Bertz CT molecular complexity index is 476. The van der Waals surface area contributed by atoms with Gasteiger partial charge < -0.3 is 10.6 Å². The van der Waals surface area contributed by atoms with Crippen molar-refractivity contribution >= 4 is 6.03 Å². The zero-order valence-electron chi connectivity index (χ0n) is 11.8. The Morgan fingerprint density at radius 2 is 1.95 bits per heavy atom. The molecule has 2 amide bonds. The average molecular weight is 276 g/mol. The van der Waals surface area contributed by atoms with Gasteiger partial charge in [0, 0.05) is 12.7 Å². The number of benzene rings is 1. The summed E-state index contributed by atoms with van der Waals surface area (Å²) in [6, 6.07) is 5.87. The van der Waals surface area contributed by atoms with Gasteiger partial charge >= 0.3 is 6.03 Å². The van der Waals surface area contributed by atoms with Gasteiger partial charge in [-0.2, -0.15) is 0 Å². The minimum absolute atomic E-state index is 0.230. The zero-order chi connectivity index (χ0) is 14.4. The third-order valence-electron chi connectivity index (χ3n) is 3.80. The topological polar surface area (TPSA) is 41.1 Å². The van der Waals surface area contributed by atoms with Gasteiger partial charge in [-0.15, -0.1) is 0 Å². The van der Waals surface area contributed by atoms with Crippen molar-refractivity contribution in [3.05, 3.63) is 47.4 Å². The van der Waals surface area contributed by atoms with Gasteiger partial charge in [0.25, 0.3) is 0 Å². The molecule has 1 fully saturated rings. The molecule has 2 N–H and O–H groups in total. The molecule has 2 rings (SSSR count). The van der Waals surface area contributed by atoms with Gasteiger partial charge in [-0.25, -0.2) is 9.18 Å². The highest BCUT2D eigenvalue weighted by Crippen LogP contribution is 2.30. The lowest BCUT2D eigenvalue weighted by Crippen LogP contribution is -2.32. The fourth-order valence-corrected chi connectivity index (χ4v) is 2.51. The highest BCUT2D eigenvalue weighted by Gasteiger charge is 2.16. The summed E-state index contributed by atoms with van der Waals surface area (Å²) in [6.45, 7) is 2.46. The molecule has 0 saturated heterocycles. The van der Waals surface area contributed by atoms with Crippen LogP contribution >= 0.6 is 0 Å². The first-order chi connectivity index (χ1) is 9.65. The molecule has 0 heterocycles. The number of nitrogens with one attached hydrogen (secondary N) is 2. The van der Waals surface area contributed by atoms with Crippen LogP contribution in [0.3, 0.4) is 0 Å². The van der Waals surface area contributed by atoms with Crippen LogP contribution in [0, 0.1) is 11.7 Å². The summed E-state index contributed by atoms with van der Waals surface area (Å²) < 4.78 is 12.7. The van der Waals surface area contributed by atoms with Crippen LogP contribution in [0.2, 0.25) is 0 Å². The maximum absolute atomic E-state index is 12.7. The van der Waals surface area contributed by atoms with Crippen LogP contribution in [0.15, 0.2) is 36.0 Å². The lowest BCUT2D eigenvalue weighted by atomic mass is 10.0. The SMILES string of the molecule is C/C(=C\NC(=O)NCc1ccc(F)cc1)C1CCCC1. The Hall–Kier alpha value is -1.84. The van der Waals surface area contributed by atoms with E-state index in [1.807, 2.05) is 0 Å². The number of carbonyl (C=O) groups excluding carboxylic acids is 1. The second kappa shape index (κ2) is 7.08. The summed E-state index contributed by atoms with van der Waals surface area (Å²) in [4.78, 5) is 11.7. The predicted molar refractivity (Wildman–Crippen MR) is 77.5 cm³/mol. The quantitative estimate of drug-likeness (QED) is 0.864. The average Bonchev–Trinajstić information content (AvgIpc) is 2.98. The van der Waals surface area contributed by atoms with Crippen molar-refractivity contribution in [3.63, 3.8) is 0 Å². The van der Waals surface area contributed by atoms with E-state index in [0.29, 0.717) is 12.5 Å². The summed E-state index contributed by atoms with van der Waals surface area (Å²) in [5.41, 5.74) is 2.11. The Morgan fingerprint density at radius 3 is 2.60 bits per heavy atom. The van der Waals surface area contributed by atoms with E-state index in [1.54, 1.807) is 18.3 Å². The van der Waals surface area contributed by atoms with E-state index in [2.05, 4.69) is 17.6 Å². The van der Waals surface area contributed by atoms with E-state index in [4.69, 9.17) is 0 Å². The molecular formula is C16H21FN2O. The molecule has 1 aliphatic carbocycles. The molecule has 3 nitrogen and oxygen atoms in total. The monoisotopic (exact) mass is 276 g/mol. The number of amides is 2. The lowest BCUT2D eigenvalue weighted by Gasteiger charge is -2.10. The van der Waals surface area contributed by atoms with Crippen molar-refractivity contribution in [1.29, 1.82) is 0 Å². The first-order valence-electron chi connectivity index (χ1n) is 7.10. The van der Waals surface area contributed by atoms with E-state index in [9.17, 15) is 9.18 Å². The number of carbonyl (C=O) groups is 1. The normalized spacial score (nSPS) is 16.2. The summed E-state index contributed by atoms with van der Waals surface area (Å²) in [7, 11) is 0. The molecule has 0 aromatic heterocycles. The molecule has 1 saturated carbocycles.